The monoisotopic (exact) mass is 335 g/mol. The van der Waals surface area contributed by atoms with E-state index in [-0.39, 0.29) is 33.8 Å². The van der Waals surface area contributed by atoms with Crippen LogP contribution in [0.5, 0.6) is 0 Å². The number of anilines is 1. The van der Waals surface area contributed by atoms with Gasteiger partial charge in [0.25, 0.3) is 11.6 Å². The summed E-state index contributed by atoms with van der Waals surface area (Å²) in [6.07, 6.45) is 1.37. The van der Waals surface area contributed by atoms with Crippen LogP contribution in [0.3, 0.4) is 0 Å². The van der Waals surface area contributed by atoms with E-state index in [1.807, 2.05) is 13.8 Å². The predicted molar refractivity (Wildman–Crippen MR) is 84.7 cm³/mol. The van der Waals surface area contributed by atoms with E-state index in [1.54, 1.807) is 0 Å². The first-order valence-corrected chi connectivity index (χ1v) is 7.13. The largest absolute Gasteiger partial charge is 0.305 e. The Balaban J connectivity index is 2.27. The van der Waals surface area contributed by atoms with Gasteiger partial charge >= 0.3 is 0 Å². The number of rotatable bonds is 4. The lowest BCUT2D eigenvalue weighted by atomic mass is 10.2. The van der Waals surface area contributed by atoms with E-state index in [2.05, 4.69) is 20.3 Å². The first-order chi connectivity index (χ1) is 10.8. The third-order valence-electron chi connectivity index (χ3n) is 2.99. The highest BCUT2D eigenvalue weighted by Gasteiger charge is 2.18. The maximum absolute atomic E-state index is 12.3. The third kappa shape index (κ3) is 3.78. The van der Waals surface area contributed by atoms with E-state index < -0.39 is 10.8 Å². The molecule has 2 aromatic heterocycles. The van der Waals surface area contributed by atoms with Gasteiger partial charge in [-0.3, -0.25) is 14.9 Å². The normalized spacial score (nSPS) is 10.7. The lowest BCUT2D eigenvalue weighted by Crippen LogP contribution is -2.17. The van der Waals surface area contributed by atoms with Crippen LogP contribution < -0.4 is 5.32 Å². The summed E-state index contributed by atoms with van der Waals surface area (Å²) in [5.74, 6) is 0.157. The minimum atomic E-state index is -0.556. The van der Waals surface area contributed by atoms with E-state index in [0.717, 1.165) is 0 Å². The number of nitrogens with one attached hydrogen (secondary N) is 1. The van der Waals surface area contributed by atoms with Crippen molar-refractivity contribution < 1.29 is 9.72 Å². The summed E-state index contributed by atoms with van der Waals surface area (Å²) < 4.78 is 0. The number of hydrogen-bond donors (Lipinski definition) is 1. The van der Waals surface area contributed by atoms with Crippen LogP contribution in [0.25, 0.3) is 0 Å². The Bertz CT molecular complexity index is 779. The number of pyridine rings is 1. The molecule has 0 bridgehead atoms. The molecule has 2 aromatic rings. The molecule has 0 spiro atoms. The van der Waals surface area contributed by atoms with Gasteiger partial charge in [-0.2, -0.15) is 0 Å². The van der Waals surface area contributed by atoms with Gasteiger partial charge in [0.15, 0.2) is 5.69 Å². The summed E-state index contributed by atoms with van der Waals surface area (Å²) in [5.41, 5.74) is 0.109. The molecule has 0 unspecified atom stereocenters. The van der Waals surface area contributed by atoms with Crippen LogP contribution in [-0.4, -0.2) is 25.8 Å². The topological polar surface area (TPSA) is 111 Å². The number of amides is 1. The number of carbonyl (C=O) groups excluding carboxylic acids is 1. The van der Waals surface area contributed by atoms with Crippen LogP contribution in [0.1, 0.15) is 41.8 Å². The van der Waals surface area contributed by atoms with E-state index in [4.69, 9.17) is 11.6 Å². The second-order valence-electron chi connectivity index (χ2n) is 5.09. The molecule has 0 aliphatic rings. The fourth-order valence-electron chi connectivity index (χ4n) is 1.81. The number of carbonyl (C=O) groups is 1. The summed E-state index contributed by atoms with van der Waals surface area (Å²) in [4.78, 5) is 34.7. The number of halogens is 1. The average Bonchev–Trinajstić information content (AvgIpc) is 2.46. The molecule has 2 rings (SSSR count). The molecule has 9 heteroatoms. The summed E-state index contributed by atoms with van der Waals surface area (Å²) in [6.45, 7) is 5.28. The van der Waals surface area contributed by atoms with Crippen molar-refractivity contribution >= 4 is 29.0 Å². The van der Waals surface area contributed by atoms with Crippen molar-refractivity contribution in [3.05, 3.63) is 50.7 Å². The highest BCUT2D eigenvalue weighted by atomic mass is 35.5. The standard InChI is InChI=1S/C14H14ClN5O3/c1-7(2)13-16-6-9(15)12(19-13)14(21)18-11-5-4-10(20(22)23)8(3)17-11/h4-7H,1-3H3,(H,17,18,21). The fraction of sp³-hybridized carbons (Fsp3) is 0.286. The van der Waals surface area contributed by atoms with Crippen molar-refractivity contribution in [3.8, 4) is 0 Å². The number of hydrogen-bond acceptors (Lipinski definition) is 6. The molecular formula is C14H14ClN5O3. The van der Waals surface area contributed by atoms with Crippen LogP contribution in [0.15, 0.2) is 18.3 Å². The van der Waals surface area contributed by atoms with E-state index in [0.29, 0.717) is 5.82 Å². The van der Waals surface area contributed by atoms with Gasteiger partial charge in [-0.25, -0.2) is 15.0 Å². The molecule has 1 amide bonds. The van der Waals surface area contributed by atoms with E-state index in [1.165, 1.54) is 25.3 Å². The zero-order valence-corrected chi connectivity index (χ0v) is 13.5. The zero-order valence-electron chi connectivity index (χ0n) is 12.7. The summed E-state index contributed by atoms with van der Waals surface area (Å²) in [5, 5.41) is 13.4. The Labute approximate surface area is 137 Å². The van der Waals surface area contributed by atoms with Crippen LogP contribution in [0.2, 0.25) is 5.02 Å². The minimum absolute atomic E-state index is 0.0307. The summed E-state index contributed by atoms with van der Waals surface area (Å²) in [7, 11) is 0. The molecule has 0 aromatic carbocycles. The van der Waals surface area contributed by atoms with Crippen LogP contribution in [0.4, 0.5) is 11.5 Å². The van der Waals surface area contributed by atoms with Gasteiger partial charge in [0, 0.05) is 12.0 Å². The number of aryl methyl sites for hydroxylation is 1. The van der Waals surface area contributed by atoms with Gasteiger partial charge < -0.3 is 5.32 Å². The molecular weight excluding hydrogens is 322 g/mol. The Morgan fingerprint density at radius 2 is 2.04 bits per heavy atom. The summed E-state index contributed by atoms with van der Waals surface area (Å²) >= 11 is 5.96. The van der Waals surface area contributed by atoms with Crippen LogP contribution in [-0.2, 0) is 0 Å². The quantitative estimate of drug-likeness (QED) is 0.678. The van der Waals surface area contributed by atoms with Crippen molar-refractivity contribution in [2.75, 3.05) is 5.32 Å². The molecule has 0 saturated heterocycles. The number of nitrogens with zero attached hydrogens (tertiary/aromatic N) is 4. The lowest BCUT2D eigenvalue weighted by Gasteiger charge is -2.09. The van der Waals surface area contributed by atoms with Crippen LogP contribution >= 0.6 is 11.6 Å². The Morgan fingerprint density at radius 3 is 2.61 bits per heavy atom. The first kappa shape index (κ1) is 16.8. The minimum Gasteiger partial charge on any atom is -0.305 e. The lowest BCUT2D eigenvalue weighted by molar-refractivity contribution is -0.385. The SMILES string of the molecule is Cc1nc(NC(=O)c2nc(C(C)C)ncc2Cl)ccc1[N+](=O)[O-]. The van der Waals surface area contributed by atoms with Crippen LogP contribution in [0, 0.1) is 17.0 Å². The Kier molecular flexibility index (Phi) is 4.85. The highest BCUT2D eigenvalue weighted by molar-refractivity contribution is 6.33. The maximum Gasteiger partial charge on any atom is 0.290 e. The smallest absolute Gasteiger partial charge is 0.290 e. The van der Waals surface area contributed by atoms with Gasteiger partial charge in [0.05, 0.1) is 16.1 Å². The average molecular weight is 336 g/mol. The molecule has 0 radical (unpaired) electrons. The second kappa shape index (κ2) is 6.66. The molecule has 23 heavy (non-hydrogen) atoms. The fourth-order valence-corrected chi connectivity index (χ4v) is 1.99. The van der Waals surface area contributed by atoms with Gasteiger partial charge in [-0.15, -0.1) is 0 Å². The Morgan fingerprint density at radius 1 is 1.35 bits per heavy atom. The van der Waals surface area contributed by atoms with Gasteiger partial charge in [0.2, 0.25) is 0 Å². The van der Waals surface area contributed by atoms with Crippen molar-refractivity contribution in [1.82, 2.24) is 15.0 Å². The molecule has 120 valence electrons. The molecule has 8 nitrogen and oxygen atoms in total. The van der Waals surface area contributed by atoms with Crippen molar-refractivity contribution in [1.29, 1.82) is 0 Å². The maximum atomic E-state index is 12.3. The number of aromatic nitrogens is 3. The second-order valence-corrected chi connectivity index (χ2v) is 5.50. The third-order valence-corrected chi connectivity index (χ3v) is 3.27. The molecule has 0 saturated carbocycles. The molecule has 0 atom stereocenters. The van der Waals surface area contributed by atoms with Gasteiger partial charge in [0.1, 0.15) is 17.3 Å². The molecule has 1 N–H and O–H groups in total. The van der Waals surface area contributed by atoms with E-state index in [9.17, 15) is 14.9 Å². The zero-order chi connectivity index (χ0) is 17.1. The summed E-state index contributed by atoms with van der Waals surface area (Å²) in [6, 6.07) is 2.63. The predicted octanol–water partition coefficient (Wildman–Crippen LogP) is 3.12. The van der Waals surface area contributed by atoms with Crippen molar-refractivity contribution in [2.45, 2.75) is 26.7 Å². The number of nitro groups is 1. The molecule has 0 aliphatic heterocycles. The van der Waals surface area contributed by atoms with Crippen molar-refractivity contribution in [2.24, 2.45) is 0 Å². The highest BCUT2D eigenvalue weighted by Crippen LogP contribution is 2.20. The molecule has 0 aliphatic carbocycles. The Hall–Kier alpha value is -2.61. The van der Waals surface area contributed by atoms with E-state index >= 15 is 0 Å². The molecule has 2 heterocycles. The van der Waals surface area contributed by atoms with Gasteiger partial charge in [-0.1, -0.05) is 25.4 Å². The molecule has 0 fully saturated rings. The van der Waals surface area contributed by atoms with Gasteiger partial charge in [-0.05, 0) is 13.0 Å². The first-order valence-electron chi connectivity index (χ1n) is 6.75. The van der Waals surface area contributed by atoms with Crippen molar-refractivity contribution in [3.63, 3.8) is 0 Å².